The van der Waals surface area contributed by atoms with E-state index in [4.69, 9.17) is 86.2 Å². The Bertz CT molecular complexity index is 2860. The summed E-state index contributed by atoms with van der Waals surface area (Å²) in [4.78, 5) is 22.9. The van der Waals surface area contributed by atoms with Gasteiger partial charge in [-0.2, -0.15) is 10.2 Å². The minimum absolute atomic E-state index is 0.362. The first kappa shape index (κ1) is 55.0. The summed E-state index contributed by atoms with van der Waals surface area (Å²) >= 11 is 37.2. The molecule has 4 aromatic carbocycles. The molecule has 0 spiro atoms. The molecule has 0 radical (unpaired) electrons. The van der Waals surface area contributed by atoms with E-state index in [9.17, 15) is 9.59 Å². The molecular weight excluding hydrogens is 1050 g/mol. The number of ketones is 1. The Kier molecular flexibility index (Phi) is 18.4. The third-order valence-corrected chi connectivity index (χ3v) is 18.3. The van der Waals surface area contributed by atoms with Gasteiger partial charge >= 0.3 is 0 Å². The van der Waals surface area contributed by atoms with Crippen LogP contribution in [0.3, 0.4) is 0 Å². The number of carbonyl (C=O) groups excluding carboxylic acids is 2. The second-order valence-electron chi connectivity index (χ2n) is 21.6. The summed E-state index contributed by atoms with van der Waals surface area (Å²) in [6, 6.07) is 25.9. The van der Waals surface area contributed by atoms with Crippen molar-refractivity contribution in [1.29, 1.82) is 0 Å². The maximum Gasteiger partial charge on any atom is 0.170 e. The number of Topliss-reactive ketones (excluding diaryl/α,β-unsaturated/α-hetero) is 1. The standard InChI is InChI=1S/C30H34Cl3N3.C17H11Cl3N2O.C10H14O.C2H8N2/c1-18-28(17-34-10-2-3-26-22-12-19-11-20(14-22)15-23(26)13-19)35-36(29-9-8-25(32)16-27(29)33)30(18)21-4-6-24(31)7-5-21;1-10-15(9-23)21-22(16-7-6-13(19)8-14(16)20)17(10)11-2-4-12(18)5-3-11;11-10-8-2-6-1-7(4-8)5-9(10)3-6;3-1-2-4/h4-9,16,19-20,22-23,26,34H,2-3,10-15,17H2,1H3;2-9H,1H3;6-9H,1-5H2;1-4H2. The molecule has 0 aliphatic heterocycles. The summed E-state index contributed by atoms with van der Waals surface area (Å²) < 4.78 is 3.60. The molecule has 2 heterocycles. The van der Waals surface area contributed by atoms with Crippen LogP contribution in [0.2, 0.25) is 30.1 Å². The van der Waals surface area contributed by atoms with Gasteiger partial charge in [0.2, 0.25) is 0 Å². The van der Waals surface area contributed by atoms with Gasteiger partial charge in [0.05, 0.1) is 38.5 Å². The van der Waals surface area contributed by atoms with Crippen LogP contribution in [0, 0.1) is 67.1 Å². The van der Waals surface area contributed by atoms with Gasteiger partial charge in [0.1, 0.15) is 11.5 Å². The predicted molar refractivity (Wildman–Crippen MR) is 305 cm³/mol. The van der Waals surface area contributed by atoms with Gasteiger partial charge in [-0.3, -0.25) is 9.59 Å². The summed E-state index contributed by atoms with van der Waals surface area (Å²) in [5.74, 6) is 8.65. The molecule has 8 bridgehead atoms. The highest BCUT2D eigenvalue weighted by molar-refractivity contribution is 6.36. The maximum absolute atomic E-state index is 11.6. The minimum atomic E-state index is 0.362. The first-order chi connectivity index (χ1) is 35.7. The fraction of sp³-hybridized carbons (Fsp3) is 0.458. The average Bonchev–Trinajstić information content (AvgIpc) is 3.88. The Morgan fingerprint density at radius 2 is 1.01 bits per heavy atom. The number of aldehydes is 1. The fourth-order valence-corrected chi connectivity index (χ4v) is 14.9. The molecule has 0 unspecified atom stereocenters. The van der Waals surface area contributed by atoms with Crippen LogP contribution in [0.25, 0.3) is 33.9 Å². The highest BCUT2D eigenvalue weighted by Gasteiger charge is 2.48. The maximum atomic E-state index is 11.6. The summed E-state index contributed by atoms with van der Waals surface area (Å²) in [6.07, 6.45) is 17.4. The van der Waals surface area contributed by atoms with Crippen LogP contribution < -0.4 is 16.8 Å². The number of carbonyl (C=O) groups is 2. The zero-order chi connectivity index (χ0) is 52.2. The van der Waals surface area contributed by atoms with E-state index in [1.807, 2.05) is 60.1 Å². The largest absolute Gasteiger partial charge is 0.329 e. The first-order valence-corrected chi connectivity index (χ1v) is 28.7. The number of nitrogens with two attached hydrogens (primary N) is 2. The van der Waals surface area contributed by atoms with Crippen LogP contribution in [0.1, 0.15) is 104 Å². The summed E-state index contributed by atoms with van der Waals surface area (Å²) in [5.41, 5.74) is 18.4. The number of nitrogens with zero attached hydrogens (tertiary/aromatic N) is 4. The van der Waals surface area contributed by atoms with Gasteiger partial charge in [-0.15, -0.1) is 0 Å². The van der Waals surface area contributed by atoms with Crippen LogP contribution >= 0.6 is 69.6 Å². The van der Waals surface area contributed by atoms with Crippen molar-refractivity contribution in [1.82, 2.24) is 24.9 Å². The quantitative estimate of drug-likeness (QED) is 0.0821. The monoisotopic (exact) mass is 1120 g/mol. The number of aromatic nitrogens is 4. The van der Waals surface area contributed by atoms with Gasteiger partial charge in [-0.05, 0) is 205 Å². The van der Waals surface area contributed by atoms with Crippen molar-refractivity contribution < 1.29 is 9.59 Å². The number of halogens is 6. The zero-order valence-corrected chi connectivity index (χ0v) is 46.7. The Morgan fingerprint density at radius 1 is 0.581 bits per heavy atom. The summed E-state index contributed by atoms with van der Waals surface area (Å²) in [7, 11) is 0. The molecule has 0 atom stereocenters. The van der Waals surface area contributed by atoms with Gasteiger partial charge in [-0.1, -0.05) is 93.9 Å². The first-order valence-electron chi connectivity index (χ1n) is 26.4. The molecule has 9 nitrogen and oxygen atoms in total. The average molecular weight is 1120 g/mol. The van der Waals surface area contributed by atoms with Crippen molar-refractivity contribution in [3.63, 3.8) is 0 Å². The smallest absolute Gasteiger partial charge is 0.170 e. The third kappa shape index (κ3) is 12.5. The Hall–Kier alpha value is -3.74. The predicted octanol–water partition coefficient (Wildman–Crippen LogP) is 15.3. The van der Waals surface area contributed by atoms with E-state index < -0.39 is 0 Å². The zero-order valence-electron chi connectivity index (χ0n) is 42.2. The molecule has 74 heavy (non-hydrogen) atoms. The summed E-state index contributed by atoms with van der Waals surface area (Å²) in [6.45, 7) is 6.96. The van der Waals surface area contributed by atoms with Crippen molar-refractivity contribution in [3.05, 3.63) is 138 Å². The van der Waals surface area contributed by atoms with Gasteiger partial charge in [0.15, 0.2) is 6.29 Å². The SMILES string of the molecule is Cc1c(C=O)nn(-c2ccc(Cl)cc2Cl)c1-c1ccc(Cl)cc1.Cc1c(CNCCCC2C3CC4CC(C3)CC2C4)nn(-c2ccc(Cl)cc2Cl)c1-c1ccc(Cl)cc1.NCCN.O=C1C2CC3CC(C2)CC1C3. The van der Waals surface area contributed by atoms with Gasteiger partial charge in [-0.25, -0.2) is 9.36 Å². The molecule has 0 amide bonds. The second kappa shape index (κ2) is 24.7. The van der Waals surface area contributed by atoms with Crippen LogP contribution in [-0.2, 0) is 11.3 Å². The molecule has 6 aromatic rings. The molecule has 14 rings (SSSR count). The van der Waals surface area contributed by atoms with E-state index in [2.05, 4.69) is 17.3 Å². The van der Waals surface area contributed by atoms with E-state index in [-0.39, 0.29) is 0 Å². The topological polar surface area (TPSA) is 134 Å². The van der Waals surface area contributed by atoms with Crippen molar-refractivity contribution in [2.45, 2.75) is 97.4 Å². The molecule has 8 fully saturated rings. The lowest BCUT2D eigenvalue weighted by Gasteiger charge is -2.54. The second-order valence-corrected chi connectivity index (χ2v) is 24.2. The normalized spacial score (nSPS) is 24.7. The van der Waals surface area contributed by atoms with Crippen molar-refractivity contribution >= 4 is 81.7 Å². The van der Waals surface area contributed by atoms with Crippen LogP contribution in [0.15, 0.2) is 84.9 Å². The van der Waals surface area contributed by atoms with Gasteiger partial charge < -0.3 is 16.8 Å². The lowest BCUT2D eigenvalue weighted by molar-refractivity contribution is -0.139. The van der Waals surface area contributed by atoms with Crippen molar-refractivity contribution in [3.8, 4) is 33.9 Å². The van der Waals surface area contributed by atoms with E-state index >= 15 is 0 Å². The number of hydrogen-bond donors (Lipinski definition) is 3. The third-order valence-electron chi connectivity index (χ3n) is 16.7. The van der Waals surface area contributed by atoms with Crippen molar-refractivity contribution in [2.75, 3.05) is 19.6 Å². The molecule has 15 heteroatoms. The Balaban J connectivity index is 0.000000149. The van der Waals surface area contributed by atoms with Crippen LogP contribution in [0.5, 0.6) is 0 Å². The highest BCUT2D eigenvalue weighted by Crippen LogP contribution is 2.57. The van der Waals surface area contributed by atoms with Gasteiger partial charge in [0.25, 0.3) is 0 Å². The lowest BCUT2D eigenvalue weighted by atomic mass is 9.51. The molecule has 8 aliphatic carbocycles. The molecule has 8 saturated carbocycles. The van der Waals surface area contributed by atoms with E-state index in [1.165, 1.54) is 77.0 Å². The molecule has 2 aromatic heterocycles. The van der Waals surface area contributed by atoms with E-state index in [1.54, 1.807) is 41.1 Å². The van der Waals surface area contributed by atoms with Gasteiger partial charge in [0, 0.05) is 68.3 Å². The number of rotatable bonds is 12. The fourth-order valence-electron chi connectivity index (χ4n) is 13.7. The Labute approximate surface area is 466 Å². The van der Waals surface area contributed by atoms with Crippen LogP contribution in [-0.4, -0.2) is 51.3 Å². The van der Waals surface area contributed by atoms with Crippen molar-refractivity contribution in [2.24, 2.45) is 64.7 Å². The number of benzene rings is 4. The molecule has 5 N–H and O–H groups in total. The Morgan fingerprint density at radius 3 is 1.46 bits per heavy atom. The van der Waals surface area contributed by atoms with E-state index in [0.717, 1.165) is 106 Å². The highest BCUT2D eigenvalue weighted by atomic mass is 35.5. The number of hydrogen-bond acceptors (Lipinski definition) is 7. The number of nitrogens with one attached hydrogen (secondary N) is 1. The molecule has 392 valence electrons. The van der Waals surface area contributed by atoms with E-state index in [0.29, 0.717) is 72.2 Å². The molecule has 0 saturated heterocycles. The van der Waals surface area contributed by atoms with Crippen LogP contribution in [0.4, 0.5) is 0 Å². The lowest BCUT2D eigenvalue weighted by Crippen LogP contribution is -2.45. The minimum Gasteiger partial charge on any atom is -0.329 e. The summed E-state index contributed by atoms with van der Waals surface area (Å²) in [5, 5.41) is 16.6. The molecular formula is C59H67Cl6N7O2. The molecule has 8 aliphatic rings.